The number of hydrogen-bond acceptors (Lipinski definition) is 3. The maximum atomic E-state index is 9.09. The second kappa shape index (κ2) is 8.51. The van der Waals surface area contributed by atoms with Crippen LogP contribution in [0.25, 0.3) is 0 Å². The van der Waals surface area contributed by atoms with Crippen LogP contribution in [0.4, 0.5) is 0 Å². The number of benzene rings is 2. The Labute approximate surface area is 131 Å². The van der Waals surface area contributed by atoms with Crippen molar-refractivity contribution in [2.24, 2.45) is 0 Å². The summed E-state index contributed by atoms with van der Waals surface area (Å²) in [6.45, 7) is 4.16. The highest BCUT2D eigenvalue weighted by Gasteiger charge is 2.02. The average molecular weight is 296 g/mol. The average Bonchev–Trinajstić information content (AvgIpc) is 2.54. The van der Waals surface area contributed by atoms with Crippen LogP contribution in [-0.4, -0.2) is 6.54 Å². The Bertz CT molecular complexity index is 599. The third-order valence-corrected chi connectivity index (χ3v) is 4.27. The van der Waals surface area contributed by atoms with E-state index in [2.05, 4.69) is 42.6 Å². The molecule has 3 heteroatoms. The Kier molecular flexibility index (Phi) is 6.33. The van der Waals surface area contributed by atoms with E-state index in [0.717, 1.165) is 36.4 Å². The lowest BCUT2D eigenvalue weighted by Gasteiger charge is -2.06. The van der Waals surface area contributed by atoms with E-state index in [-0.39, 0.29) is 0 Å². The largest absolute Gasteiger partial charge is 0.313 e. The summed E-state index contributed by atoms with van der Waals surface area (Å²) in [4.78, 5) is 1.24. The molecule has 0 bridgehead atoms. The smallest absolute Gasteiger partial charge is 0.0994 e. The van der Waals surface area contributed by atoms with Gasteiger partial charge in [-0.05, 0) is 42.3 Å². The van der Waals surface area contributed by atoms with E-state index in [1.165, 1.54) is 10.5 Å². The van der Waals surface area contributed by atoms with Gasteiger partial charge in [-0.2, -0.15) is 5.26 Å². The van der Waals surface area contributed by atoms with Gasteiger partial charge in [0.05, 0.1) is 11.6 Å². The minimum Gasteiger partial charge on any atom is -0.313 e. The fourth-order valence-electron chi connectivity index (χ4n) is 2.03. The van der Waals surface area contributed by atoms with Crippen LogP contribution < -0.4 is 5.32 Å². The standard InChI is InChI=1S/C18H20N2S/c1-2-11-20-13-15-7-9-18(10-8-15)21-14-17-6-4-3-5-16(17)12-19/h3-10,20H,2,11,13-14H2,1H3. The van der Waals surface area contributed by atoms with E-state index in [1.54, 1.807) is 11.8 Å². The lowest BCUT2D eigenvalue weighted by atomic mass is 10.1. The Morgan fingerprint density at radius 3 is 2.57 bits per heavy atom. The molecule has 0 saturated heterocycles. The second-order valence-electron chi connectivity index (χ2n) is 4.88. The molecule has 0 saturated carbocycles. The topological polar surface area (TPSA) is 35.8 Å². The summed E-state index contributed by atoms with van der Waals surface area (Å²) < 4.78 is 0. The molecule has 0 aromatic heterocycles. The van der Waals surface area contributed by atoms with Crippen LogP contribution in [0.2, 0.25) is 0 Å². The molecule has 0 radical (unpaired) electrons. The van der Waals surface area contributed by atoms with Gasteiger partial charge in [0, 0.05) is 17.2 Å². The summed E-state index contributed by atoms with van der Waals surface area (Å²) in [7, 11) is 0. The molecule has 0 aliphatic carbocycles. The number of thioether (sulfide) groups is 1. The molecule has 2 nitrogen and oxygen atoms in total. The summed E-state index contributed by atoms with van der Waals surface area (Å²) >= 11 is 1.77. The first-order valence-electron chi connectivity index (χ1n) is 7.24. The molecule has 0 heterocycles. The fraction of sp³-hybridized carbons (Fsp3) is 0.278. The second-order valence-corrected chi connectivity index (χ2v) is 5.93. The highest BCUT2D eigenvalue weighted by molar-refractivity contribution is 7.98. The first-order valence-corrected chi connectivity index (χ1v) is 8.22. The van der Waals surface area contributed by atoms with Crippen LogP contribution in [0.1, 0.15) is 30.0 Å². The monoisotopic (exact) mass is 296 g/mol. The van der Waals surface area contributed by atoms with Crippen LogP contribution in [-0.2, 0) is 12.3 Å². The van der Waals surface area contributed by atoms with Gasteiger partial charge in [-0.1, -0.05) is 37.3 Å². The molecule has 0 spiro atoms. The number of nitrogens with one attached hydrogen (secondary N) is 1. The maximum Gasteiger partial charge on any atom is 0.0994 e. The number of rotatable bonds is 7. The van der Waals surface area contributed by atoms with Gasteiger partial charge in [-0.25, -0.2) is 0 Å². The molecular weight excluding hydrogens is 276 g/mol. The lowest BCUT2D eigenvalue weighted by molar-refractivity contribution is 0.675. The van der Waals surface area contributed by atoms with E-state index >= 15 is 0 Å². The van der Waals surface area contributed by atoms with Gasteiger partial charge in [-0.15, -0.1) is 11.8 Å². The van der Waals surface area contributed by atoms with Crippen LogP contribution in [0, 0.1) is 11.3 Å². The molecule has 2 aromatic rings. The summed E-state index contributed by atoms with van der Waals surface area (Å²) in [5.41, 5.74) is 3.18. The molecule has 2 aromatic carbocycles. The first-order chi connectivity index (χ1) is 10.3. The summed E-state index contributed by atoms with van der Waals surface area (Å²) in [5, 5.41) is 12.5. The summed E-state index contributed by atoms with van der Waals surface area (Å²) in [6.07, 6.45) is 1.16. The van der Waals surface area contributed by atoms with Crippen molar-refractivity contribution in [3.05, 3.63) is 65.2 Å². The molecular formula is C18H20N2S. The molecule has 0 fully saturated rings. The van der Waals surface area contributed by atoms with Gasteiger partial charge in [0.1, 0.15) is 0 Å². The third kappa shape index (κ3) is 4.93. The zero-order valence-electron chi connectivity index (χ0n) is 12.3. The molecule has 0 amide bonds. The van der Waals surface area contributed by atoms with Crippen molar-refractivity contribution in [3.8, 4) is 6.07 Å². The van der Waals surface area contributed by atoms with Crippen molar-refractivity contribution in [2.45, 2.75) is 30.5 Å². The third-order valence-electron chi connectivity index (χ3n) is 3.21. The molecule has 0 aliphatic rings. The minimum absolute atomic E-state index is 0.769. The summed E-state index contributed by atoms with van der Waals surface area (Å²) in [6, 6.07) is 18.7. The minimum atomic E-state index is 0.769. The quantitative estimate of drug-likeness (QED) is 0.609. The van der Waals surface area contributed by atoms with Crippen LogP contribution in [0.15, 0.2) is 53.4 Å². The number of hydrogen-bond donors (Lipinski definition) is 1. The van der Waals surface area contributed by atoms with Crippen LogP contribution in [0.5, 0.6) is 0 Å². The molecule has 21 heavy (non-hydrogen) atoms. The van der Waals surface area contributed by atoms with Crippen molar-refractivity contribution in [2.75, 3.05) is 6.54 Å². The number of nitrogens with zero attached hydrogens (tertiary/aromatic N) is 1. The maximum absolute atomic E-state index is 9.09. The Morgan fingerprint density at radius 2 is 1.86 bits per heavy atom. The van der Waals surface area contributed by atoms with E-state index in [0.29, 0.717) is 0 Å². The summed E-state index contributed by atoms with van der Waals surface area (Å²) in [5.74, 6) is 0.831. The fourth-order valence-corrected chi connectivity index (χ4v) is 2.93. The molecule has 108 valence electrons. The van der Waals surface area contributed by atoms with Crippen molar-refractivity contribution < 1.29 is 0 Å². The van der Waals surface area contributed by atoms with E-state index in [4.69, 9.17) is 5.26 Å². The Balaban J connectivity index is 1.90. The van der Waals surface area contributed by atoms with Crippen molar-refractivity contribution in [1.29, 1.82) is 5.26 Å². The van der Waals surface area contributed by atoms with Gasteiger partial charge in [0.2, 0.25) is 0 Å². The van der Waals surface area contributed by atoms with Crippen molar-refractivity contribution in [3.63, 3.8) is 0 Å². The van der Waals surface area contributed by atoms with E-state index in [1.807, 2.05) is 24.3 Å². The molecule has 0 aliphatic heterocycles. The van der Waals surface area contributed by atoms with Gasteiger partial charge < -0.3 is 5.32 Å². The molecule has 2 rings (SSSR count). The van der Waals surface area contributed by atoms with E-state index in [9.17, 15) is 0 Å². The molecule has 0 unspecified atom stereocenters. The first kappa shape index (κ1) is 15.6. The normalized spacial score (nSPS) is 10.3. The van der Waals surface area contributed by atoms with Gasteiger partial charge >= 0.3 is 0 Å². The zero-order valence-corrected chi connectivity index (χ0v) is 13.1. The van der Waals surface area contributed by atoms with Gasteiger partial charge in [-0.3, -0.25) is 0 Å². The van der Waals surface area contributed by atoms with Crippen LogP contribution in [0.3, 0.4) is 0 Å². The Morgan fingerprint density at radius 1 is 1.10 bits per heavy atom. The number of nitriles is 1. The highest BCUT2D eigenvalue weighted by atomic mass is 32.2. The molecule has 1 N–H and O–H groups in total. The zero-order chi connectivity index (χ0) is 14.9. The predicted octanol–water partition coefficient (Wildman–Crippen LogP) is 4.35. The van der Waals surface area contributed by atoms with Gasteiger partial charge in [0.15, 0.2) is 0 Å². The SMILES string of the molecule is CCCNCc1ccc(SCc2ccccc2C#N)cc1. The van der Waals surface area contributed by atoms with E-state index < -0.39 is 0 Å². The molecule has 0 atom stereocenters. The lowest BCUT2D eigenvalue weighted by Crippen LogP contribution is -2.13. The van der Waals surface area contributed by atoms with Crippen LogP contribution >= 0.6 is 11.8 Å². The highest BCUT2D eigenvalue weighted by Crippen LogP contribution is 2.24. The van der Waals surface area contributed by atoms with Gasteiger partial charge in [0.25, 0.3) is 0 Å². The Hall–Kier alpha value is -1.76. The predicted molar refractivity (Wildman–Crippen MR) is 89.2 cm³/mol. The van der Waals surface area contributed by atoms with Crippen molar-refractivity contribution in [1.82, 2.24) is 5.32 Å². The van der Waals surface area contributed by atoms with Crippen molar-refractivity contribution >= 4 is 11.8 Å².